The zero-order valence-corrected chi connectivity index (χ0v) is 11.9. The molecule has 4 N–H and O–H groups in total. The molecule has 2 aromatic carbocycles. The van der Waals surface area contributed by atoms with Crippen LogP contribution in [0.1, 0.15) is 41.5 Å². The first-order chi connectivity index (χ1) is 10.2. The molecule has 21 heavy (non-hydrogen) atoms. The second kappa shape index (κ2) is 4.78. The van der Waals surface area contributed by atoms with Gasteiger partial charge in [0.05, 0.1) is 0 Å². The molecule has 0 saturated carbocycles. The molecular weight excluding hydrogens is 260 g/mol. The number of nitrogen functional groups attached to an aromatic ring is 1. The van der Waals surface area contributed by atoms with Crippen molar-refractivity contribution in [2.75, 3.05) is 12.3 Å². The van der Waals surface area contributed by atoms with Crippen molar-refractivity contribution in [3.8, 4) is 5.75 Å². The minimum absolute atomic E-state index is 0.352. The zero-order valence-electron chi connectivity index (χ0n) is 11.9. The van der Waals surface area contributed by atoms with Gasteiger partial charge in [0.25, 0.3) is 0 Å². The van der Waals surface area contributed by atoms with Crippen molar-refractivity contribution in [1.29, 1.82) is 0 Å². The molecule has 2 aromatic rings. The highest BCUT2D eigenvalue weighted by molar-refractivity contribution is 5.51. The number of benzene rings is 2. The summed E-state index contributed by atoms with van der Waals surface area (Å²) >= 11 is 0. The fraction of sp³-hybridized carbons (Fsp3) is 0.333. The van der Waals surface area contributed by atoms with E-state index < -0.39 is 0 Å². The van der Waals surface area contributed by atoms with Crippen LogP contribution >= 0.6 is 0 Å². The number of anilines is 1. The number of hydrogen-bond acceptors (Lipinski definition) is 3. The minimum Gasteiger partial charge on any atom is -0.508 e. The number of piperidine rings is 1. The van der Waals surface area contributed by atoms with Crippen LogP contribution in [0.4, 0.5) is 5.69 Å². The third kappa shape index (κ3) is 2.00. The summed E-state index contributed by atoms with van der Waals surface area (Å²) in [6.45, 7) is 1.08. The summed E-state index contributed by atoms with van der Waals surface area (Å²) in [4.78, 5) is 0. The lowest BCUT2D eigenvalue weighted by atomic mass is 9.80. The summed E-state index contributed by atoms with van der Waals surface area (Å²) in [7, 11) is 0. The molecule has 0 amide bonds. The summed E-state index contributed by atoms with van der Waals surface area (Å²) < 4.78 is 0. The van der Waals surface area contributed by atoms with E-state index in [0.29, 0.717) is 23.6 Å². The van der Waals surface area contributed by atoms with E-state index in [0.717, 1.165) is 12.2 Å². The first-order valence-corrected chi connectivity index (χ1v) is 7.65. The van der Waals surface area contributed by atoms with Gasteiger partial charge in [0, 0.05) is 17.6 Å². The Hall–Kier alpha value is -2.00. The Morgan fingerprint density at radius 3 is 2.67 bits per heavy atom. The topological polar surface area (TPSA) is 58.3 Å². The maximum atomic E-state index is 9.90. The van der Waals surface area contributed by atoms with Crippen LogP contribution in [0.15, 0.2) is 42.5 Å². The van der Waals surface area contributed by atoms with Crippen molar-refractivity contribution in [2.24, 2.45) is 5.92 Å². The molecule has 3 heteroatoms. The molecule has 0 radical (unpaired) electrons. The van der Waals surface area contributed by atoms with Gasteiger partial charge in [-0.2, -0.15) is 0 Å². The fourth-order valence-electron chi connectivity index (χ4n) is 4.09. The number of fused-ring (bicyclic) bond motifs is 3. The average molecular weight is 280 g/mol. The molecule has 3 atom stereocenters. The Morgan fingerprint density at radius 2 is 1.86 bits per heavy atom. The largest absolute Gasteiger partial charge is 0.508 e. The van der Waals surface area contributed by atoms with Crippen LogP contribution in [0.2, 0.25) is 0 Å². The molecule has 108 valence electrons. The third-order valence-electron chi connectivity index (χ3n) is 4.97. The Kier molecular flexibility index (Phi) is 2.89. The molecule has 1 heterocycles. The Bertz CT molecular complexity index is 665. The van der Waals surface area contributed by atoms with Gasteiger partial charge in [-0.05, 0) is 66.3 Å². The van der Waals surface area contributed by atoms with Gasteiger partial charge in [-0.1, -0.05) is 18.2 Å². The summed E-state index contributed by atoms with van der Waals surface area (Å²) in [5.74, 6) is 1.28. The van der Waals surface area contributed by atoms with Crippen molar-refractivity contribution in [3.05, 3.63) is 59.2 Å². The number of nitrogens with two attached hydrogens (primary N) is 1. The molecule has 1 saturated heterocycles. The van der Waals surface area contributed by atoms with E-state index in [2.05, 4.69) is 23.5 Å². The van der Waals surface area contributed by atoms with Gasteiger partial charge < -0.3 is 16.2 Å². The standard InChI is InChI=1S/C18H20N2O/c19-12-5-3-11(4-6-12)17-15-2-1-9-20-18(15)14-8-7-13(21)10-16(14)17/h3-8,10,15,17-18,20-21H,1-2,9,19H2/t15-,17+,18+/m1/s1. The highest BCUT2D eigenvalue weighted by Crippen LogP contribution is 2.52. The van der Waals surface area contributed by atoms with Crippen LogP contribution in [-0.2, 0) is 0 Å². The fourth-order valence-corrected chi connectivity index (χ4v) is 4.09. The van der Waals surface area contributed by atoms with Crippen LogP contribution in [0.25, 0.3) is 0 Å². The molecule has 0 spiro atoms. The number of nitrogens with one attached hydrogen (secondary N) is 1. The monoisotopic (exact) mass is 280 g/mol. The molecule has 2 aliphatic rings. The Labute approximate surface area is 124 Å². The Morgan fingerprint density at radius 1 is 1.05 bits per heavy atom. The average Bonchev–Trinajstić information content (AvgIpc) is 2.82. The number of phenols is 1. The lowest BCUT2D eigenvalue weighted by Gasteiger charge is -2.31. The van der Waals surface area contributed by atoms with Gasteiger partial charge in [0.1, 0.15) is 5.75 Å². The second-order valence-corrected chi connectivity index (χ2v) is 6.20. The molecule has 4 rings (SSSR count). The molecule has 1 aliphatic carbocycles. The molecule has 0 unspecified atom stereocenters. The predicted octanol–water partition coefficient (Wildman–Crippen LogP) is 3.16. The van der Waals surface area contributed by atoms with Crippen molar-refractivity contribution in [2.45, 2.75) is 24.8 Å². The quantitative estimate of drug-likeness (QED) is 0.703. The van der Waals surface area contributed by atoms with E-state index in [-0.39, 0.29) is 0 Å². The summed E-state index contributed by atoms with van der Waals surface area (Å²) in [5.41, 5.74) is 10.5. The SMILES string of the molecule is Nc1ccc([C@@H]2c3cc(O)ccc3[C@@H]3NCCC[C@H]23)cc1. The van der Waals surface area contributed by atoms with Crippen LogP contribution in [-0.4, -0.2) is 11.7 Å². The summed E-state index contributed by atoms with van der Waals surface area (Å²) in [5, 5.41) is 13.6. The number of hydrogen-bond donors (Lipinski definition) is 3. The molecular formula is C18H20N2O. The van der Waals surface area contributed by atoms with Crippen LogP contribution < -0.4 is 11.1 Å². The van der Waals surface area contributed by atoms with Crippen LogP contribution in [0.5, 0.6) is 5.75 Å². The Balaban J connectivity index is 1.85. The van der Waals surface area contributed by atoms with Gasteiger partial charge in [0.15, 0.2) is 0 Å². The third-order valence-corrected chi connectivity index (χ3v) is 4.97. The molecule has 3 nitrogen and oxygen atoms in total. The molecule has 1 fully saturated rings. The van der Waals surface area contributed by atoms with Gasteiger partial charge in [-0.25, -0.2) is 0 Å². The van der Waals surface area contributed by atoms with E-state index in [1.807, 2.05) is 18.2 Å². The maximum Gasteiger partial charge on any atom is 0.115 e. The van der Waals surface area contributed by atoms with Crippen molar-refractivity contribution in [1.82, 2.24) is 5.32 Å². The predicted molar refractivity (Wildman–Crippen MR) is 84.3 cm³/mol. The van der Waals surface area contributed by atoms with Crippen LogP contribution in [0.3, 0.4) is 0 Å². The van der Waals surface area contributed by atoms with Gasteiger partial charge in [-0.15, -0.1) is 0 Å². The second-order valence-electron chi connectivity index (χ2n) is 6.20. The van der Waals surface area contributed by atoms with E-state index >= 15 is 0 Å². The molecule has 0 aromatic heterocycles. The maximum absolute atomic E-state index is 9.90. The van der Waals surface area contributed by atoms with E-state index in [1.54, 1.807) is 6.07 Å². The smallest absolute Gasteiger partial charge is 0.115 e. The number of phenolic OH excluding ortho intramolecular Hbond substituents is 1. The first kappa shape index (κ1) is 12.7. The van der Waals surface area contributed by atoms with Gasteiger partial charge in [0.2, 0.25) is 0 Å². The van der Waals surface area contributed by atoms with Gasteiger partial charge in [-0.3, -0.25) is 0 Å². The minimum atomic E-state index is 0.352. The van der Waals surface area contributed by atoms with Crippen molar-refractivity contribution >= 4 is 5.69 Å². The number of rotatable bonds is 1. The first-order valence-electron chi connectivity index (χ1n) is 7.65. The van der Waals surface area contributed by atoms with E-state index in [1.165, 1.54) is 29.5 Å². The normalized spacial score (nSPS) is 27.1. The van der Waals surface area contributed by atoms with Crippen molar-refractivity contribution in [3.63, 3.8) is 0 Å². The summed E-state index contributed by atoms with van der Waals surface area (Å²) in [6.07, 6.45) is 2.44. The van der Waals surface area contributed by atoms with Gasteiger partial charge >= 0.3 is 0 Å². The number of aromatic hydroxyl groups is 1. The lowest BCUT2D eigenvalue weighted by Crippen LogP contribution is -2.32. The van der Waals surface area contributed by atoms with Crippen LogP contribution in [0, 0.1) is 5.92 Å². The highest BCUT2D eigenvalue weighted by atomic mass is 16.3. The van der Waals surface area contributed by atoms with E-state index in [9.17, 15) is 5.11 Å². The van der Waals surface area contributed by atoms with E-state index in [4.69, 9.17) is 5.73 Å². The molecule has 0 bridgehead atoms. The zero-order chi connectivity index (χ0) is 14.4. The lowest BCUT2D eigenvalue weighted by molar-refractivity contribution is 0.287. The van der Waals surface area contributed by atoms with Crippen molar-refractivity contribution < 1.29 is 5.11 Å². The summed E-state index contributed by atoms with van der Waals surface area (Å²) in [6, 6.07) is 14.4. The highest BCUT2D eigenvalue weighted by Gasteiger charge is 2.42. The molecule has 1 aliphatic heterocycles.